The Morgan fingerprint density at radius 3 is 2.77 bits per heavy atom. The topological polar surface area (TPSA) is 100 Å². The summed E-state index contributed by atoms with van der Waals surface area (Å²) < 4.78 is 5.94. The second-order valence-electron chi connectivity index (χ2n) is 6.68. The van der Waals surface area contributed by atoms with E-state index in [-0.39, 0.29) is 18.9 Å². The molecule has 30 heavy (non-hydrogen) atoms. The highest BCUT2D eigenvalue weighted by molar-refractivity contribution is 7.23. The van der Waals surface area contributed by atoms with E-state index in [2.05, 4.69) is 20.2 Å². The number of phenols is 1. The Hall–Kier alpha value is -3.36. The molecule has 0 unspecified atom stereocenters. The van der Waals surface area contributed by atoms with Crippen molar-refractivity contribution in [3.63, 3.8) is 0 Å². The van der Waals surface area contributed by atoms with Crippen LogP contribution in [0.4, 0.5) is 5.82 Å². The number of aryl methyl sites for hydroxylation is 1. The fraction of sp³-hybridized carbons (Fsp3) is 0.182. The van der Waals surface area contributed by atoms with Crippen LogP contribution >= 0.6 is 11.3 Å². The van der Waals surface area contributed by atoms with Crippen LogP contribution in [-0.2, 0) is 13.2 Å². The van der Waals surface area contributed by atoms with Gasteiger partial charge in [0.1, 0.15) is 22.5 Å². The van der Waals surface area contributed by atoms with Gasteiger partial charge in [0.25, 0.3) is 0 Å². The Balaban J connectivity index is 1.66. The van der Waals surface area contributed by atoms with E-state index >= 15 is 0 Å². The minimum atomic E-state index is -0.00471. The molecule has 0 spiro atoms. The van der Waals surface area contributed by atoms with Gasteiger partial charge in [-0.1, -0.05) is 18.2 Å². The second-order valence-corrected chi connectivity index (χ2v) is 7.70. The van der Waals surface area contributed by atoms with E-state index in [1.807, 2.05) is 31.2 Å². The Morgan fingerprint density at radius 2 is 2.00 bits per heavy atom. The van der Waals surface area contributed by atoms with Gasteiger partial charge in [0.15, 0.2) is 5.82 Å². The van der Waals surface area contributed by atoms with E-state index in [1.54, 1.807) is 36.6 Å². The van der Waals surface area contributed by atoms with Crippen LogP contribution in [0.15, 0.2) is 59.0 Å². The zero-order chi connectivity index (χ0) is 21.1. The molecule has 0 saturated carbocycles. The fourth-order valence-corrected chi connectivity index (χ4v) is 4.34. The van der Waals surface area contributed by atoms with Crippen molar-refractivity contribution in [2.75, 3.05) is 7.11 Å². The summed E-state index contributed by atoms with van der Waals surface area (Å²) >= 11 is 1.55. The van der Waals surface area contributed by atoms with Gasteiger partial charge in [0.05, 0.1) is 25.8 Å². The third-order valence-corrected chi connectivity index (χ3v) is 6.08. The lowest BCUT2D eigenvalue weighted by Crippen LogP contribution is -1.86. The zero-order valence-corrected chi connectivity index (χ0v) is 17.3. The number of nitrogens with zero attached hydrogens (tertiary/aromatic N) is 4. The maximum Gasteiger partial charge on any atom is 0.195 e. The number of phenolic OH excluding ortho intramolecular Hbond substituents is 1. The largest absolute Gasteiger partial charge is 0.507 e. The highest BCUT2D eigenvalue weighted by Gasteiger charge is 2.15. The molecular formula is C22H20N4O3S. The van der Waals surface area contributed by atoms with Crippen LogP contribution < -0.4 is 4.74 Å². The van der Waals surface area contributed by atoms with Crippen LogP contribution in [0.3, 0.4) is 0 Å². The van der Waals surface area contributed by atoms with Gasteiger partial charge in [-0.3, -0.25) is 0 Å². The average Bonchev–Trinajstić information content (AvgIpc) is 3.12. The van der Waals surface area contributed by atoms with Gasteiger partial charge in [0, 0.05) is 16.5 Å². The summed E-state index contributed by atoms with van der Waals surface area (Å²) in [5.41, 5.74) is 4.40. The number of aliphatic hydroxyl groups excluding tert-OH is 1. The third-order valence-electron chi connectivity index (χ3n) is 4.76. The van der Waals surface area contributed by atoms with Crippen molar-refractivity contribution in [1.82, 2.24) is 9.97 Å². The molecule has 7 nitrogen and oxygen atoms in total. The Bertz CT molecular complexity index is 1240. The standard InChI is InChI=1S/C22H20N4O3S/c1-13-19-21(30-20(13)15-5-3-4-14(8-15)11-27)22(24-12-23-19)26-25-10-16-6-7-17(29-2)9-18(16)28/h3-9,12,27-28H,10-11H2,1-2H3. The summed E-state index contributed by atoms with van der Waals surface area (Å²) in [5.74, 6) is 1.18. The van der Waals surface area contributed by atoms with Crippen LogP contribution in [0, 0.1) is 6.92 Å². The summed E-state index contributed by atoms with van der Waals surface area (Å²) in [6.45, 7) is 2.23. The molecule has 0 atom stereocenters. The first-order valence-electron chi connectivity index (χ1n) is 9.28. The van der Waals surface area contributed by atoms with Gasteiger partial charge >= 0.3 is 0 Å². The molecule has 2 N–H and O–H groups in total. The molecule has 0 fully saturated rings. The van der Waals surface area contributed by atoms with Gasteiger partial charge in [-0.15, -0.1) is 16.5 Å². The van der Waals surface area contributed by atoms with Gasteiger partial charge in [-0.2, -0.15) is 5.11 Å². The number of aromatic hydroxyl groups is 1. The molecule has 0 amide bonds. The van der Waals surface area contributed by atoms with E-state index in [0.29, 0.717) is 17.1 Å². The highest BCUT2D eigenvalue weighted by Crippen LogP contribution is 2.40. The number of rotatable bonds is 6. The normalized spacial score (nSPS) is 11.4. The first kappa shape index (κ1) is 19.9. The first-order chi connectivity index (χ1) is 14.6. The fourth-order valence-electron chi connectivity index (χ4n) is 3.15. The van der Waals surface area contributed by atoms with Gasteiger partial charge in [0.2, 0.25) is 0 Å². The molecule has 0 aliphatic carbocycles. The molecule has 2 aromatic heterocycles. The summed E-state index contributed by atoms with van der Waals surface area (Å²) in [6, 6.07) is 12.9. The lowest BCUT2D eigenvalue weighted by molar-refractivity contribution is 0.282. The Kier molecular flexibility index (Phi) is 5.69. The van der Waals surface area contributed by atoms with Crippen LogP contribution in [0.5, 0.6) is 11.5 Å². The Morgan fingerprint density at radius 1 is 1.13 bits per heavy atom. The van der Waals surface area contributed by atoms with E-state index in [0.717, 1.165) is 31.8 Å². The molecule has 152 valence electrons. The third kappa shape index (κ3) is 3.87. The lowest BCUT2D eigenvalue weighted by atomic mass is 10.1. The van der Waals surface area contributed by atoms with Crippen molar-refractivity contribution in [3.05, 3.63) is 65.5 Å². The van der Waals surface area contributed by atoms with Crippen LogP contribution in [0.1, 0.15) is 16.7 Å². The zero-order valence-electron chi connectivity index (χ0n) is 16.5. The predicted molar refractivity (Wildman–Crippen MR) is 116 cm³/mol. The second kappa shape index (κ2) is 8.56. The molecule has 0 saturated heterocycles. The number of hydrogen-bond acceptors (Lipinski definition) is 8. The molecular weight excluding hydrogens is 400 g/mol. The number of benzene rings is 2. The van der Waals surface area contributed by atoms with Gasteiger partial charge in [-0.25, -0.2) is 9.97 Å². The molecule has 4 rings (SSSR count). The van der Waals surface area contributed by atoms with E-state index < -0.39 is 0 Å². The molecule has 2 aromatic carbocycles. The van der Waals surface area contributed by atoms with Crippen molar-refractivity contribution >= 4 is 27.4 Å². The summed E-state index contributed by atoms with van der Waals surface area (Å²) in [6.07, 6.45) is 1.48. The number of fused-ring (bicyclic) bond motifs is 1. The predicted octanol–water partition coefficient (Wildman–Crippen LogP) is 5.16. The van der Waals surface area contributed by atoms with E-state index in [9.17, 15) is 10.2 Å². The molecule has 0 bridgehead atoms. The van der Waals surface area contributed by atoms with Crippen LogP contribution in [0.2, 0.25) is 0 Å². The van der Waals surface area contributed by atoms with Crippen molar-refractivity contribution in [1.29, 1.82) is 0 Å². The molecule has 0 aliphatic rings. The Labute approximate surface area is 177 Å². The van der Waals surface area contributed by atoms with Gasteiger partial charge < -0.3 is 14.9 Å². The number of aromatic nitrogens is 2. The van der Waals surface area contributed by atoms with Crippen molar-refractivity contribution < 1.29 is 14.9 Å². The minimum Gasteiger partial charge on any atom is -0.507 e. The molecule has 0 radical (unpaired) electrons. The number of aliphatic hydroxyl groups is 1. The first-order valence-corrected chi connectivity index (χ1v) is 10.1. The monoisotopic (exact) mass is 420 g/mol. The molecule has 8 heteroatoms. The summed E-state index contributed by atoms with van der Waals surface area (Å²) in [7, 11) is 1.55. The number of hydrogen-bond donors (Lipinski definition) is 2. The van der Waals surface area contributed by atoms with Crippen molar-refractivity contribution in [2.24, 2.45) is 10.2 Å². The quantitative estimate of drug-likeness (QED) is 0.420. The minimum absolute atomic E-state index is 0.00471. The van der Waals surface area contributed by atoms with Crippen molar-refractivity contribution in [2.45, 2.75) is 20.1 Å². The van der Waals surface area contributed by atoms with Crippen LogP contribution in [0.25, 0.3) is 20.7 Å². The van der Waals surface area contributed by atoms with E-state index in [4.69, 9.17) is 4.74 Å². The summed E-state index contributed by atoms with van der Waals surface area (Å²) in [5, 5.41) is 28.0. The molecule has 4 aromatic rings. The molecule has 0 aliphatic heterocycles. The maximum absolute atomic E-state index is 10.1. The number of azo groups is 1. The lowest BCUT2D eigenvalue weighted by Gasteiger charge is -2.03. The maximum atomic E-state index is 10.1. The smallest absolute Gasteiger partial charge is 0.195 e. The van der Waals surface area contributed by atoms with Gasteiger partial charge in [-0.05, 0) is 41.8 Å². The number of methoxy groups -OCH3 is 1. The average molecular weight is 420 g/mol. The van der Waals surface area contributed by atoms with Crippen LogP contribution in [-0.4, -0.2) is 27.3 Å². The number of thiophene rings is 1. The SMILES string of the molecule is COc1ccc(CN=Nc2ncnc3c(C)c(-c4cccc(CO)c4)sc23)c(O)c1. The molecule has 2 heterocycles. The van der Waals surface area contributed by atoms with E-state index in [1.165, 1.54) is 6.33 Å². The number of ether oxygens (including phenoxy) is 1. The summed E-state index contributed by atoms with van der Waals surface area (Å²) in [4.78, 5) is 9.77. The highest BCUT2D eigenvalue weighted by atomic mass is 32.1. The van der Waals surface area contributed by atoms with Crippen molar-refractivity contribution in [3.8, 4) is 21.9 Å².